The van der Waals surface area contributed by atoms with E-state index in [4.69, 9.17) is 0 Å². The number of nitrogens with zero attached hydrogens (tertiary/aromatic N) is 1. The van der Waals surface area contributed by atoms with Crippen LogP contribution in [0.15, 0.2) is 24.5 Å². The van der Waals surface area contributed by atoms with Crippen molar-refractivity contribution in [3.63, 3.8) is 0 Å². The second kappa shape index (κ2) is 6.15. The van der Waals surface area contributed by atoms with Crippen molar-refractivity contribution < 1.29 is 0 Å². The van der Waals surface area contributed by atoms with E-state index in [-0.39, 0.29) is 0 Å². The molecule has 17 heavy (non-hydrogen) atoms. The number of hydrogen-bond donors (Lipinski definition) is 1. The number of rotatable bonds is 4. The Morgan fingerprint density at radius 1 is 1.24 bits per heavy atom. The van der Waals surface area contributed by atoms with Gasteiger partial charge >= 0.3 is 0 Å². The number of aromatic nitrogens is 1. The van der Waals surface area contributed by atoms with Crippen LogP contribution in [-0.2, 0) is 6.42 Å². The minimum Gasteiger partial charge on any atom is -0.313 e. The Kier molecular flexibility index (Phi) is 4.55. The van der Waals surface area contributed by atoms with Crippen LogP contribution in [-0.4, -0.2) is 17.6 Å². The van der Waals surface area contributed by atoms with Crippen molar-refractivity contribution in [2.75, 3.05) is 6.54 Å². The molecular weight excluding hydrogens is 208 g/mol. The summed E-state index contributed by atoms with van der Waals surface area (Å²) in [5.74, 6) is 1.73. The minimum atomic E-state index is 0.723. The van der Waals surface area contributed by atoms with Gasteiger partial charge in [-0.15, -0.1) is 0 Å². The number of nitrogens with one attached hydrogen (secondary N) is 1. The Balaban J connectivity index is 1.74. The molecule has 1 aromatic rings. The van der Waals surface area contributed by atoms with E-state index in [1.54, 1.807) is 0 Å². The third-order valence-corrected chi connectivity index (χ3v) is 4.03. The molecule has 0 aliphatic heterocycles. The predicted octanol–water partition coefficient (Wildman–Crippen LogP) is 3.04. The summed E-state index contributed by atoms with van der Waals surface area (Å²) in [6.07, 6.45) is 9.00. The molecule has 1 aliphatic carbocycles. The van der Waals surface area contributed by atoms with Crippen molar-refractivity contribution in [2.45, 2.75) is 45.6 Å². The first-order valence-corrected chi connectivity index (χ1v) is 6.88. The van der Waals surface area contributed by atoms with Gasteiger partial charge in [-0.3, -0.25) is 4.98 Å². The summed E-state index contributed by atoms with van der Waals surface area (Å²) in [7, 11) is 0. The van der Waals surface area contributed by atoms with E-state index in [1.807, 2.05) is 12.4 Å². The van der Waals surface area contributed by atoms with E-state index in [9.17, 15) is 0 Å². The van der Waals surface area contributed by atoms with Crippen LogP contribution in [0, 0.1) is 11.8 Å². The molecule has 1 aromatic heterocycles. The van der Waals surface area contributed by atoms with E-state index in [0.29, 0.717) is 0 Å². The second-order valence-electron chi connectivity index (χ2n) is 5.56. The average Bonchev–Trinajstić information content (AvgIpc) is 2.35. The minimum absolute atomic E-state index is 0.723. The molecule has 0 bridgehead atoms. The lowest BCUT2D eigenvalue weighted by molar-refractivity contribution is 0.230. The lowest BCUT2D eigenvalue weighted by Gasteiger charge is -2.33. The van der Waals surface area contributed by atoms with Crippen LogP contribution >= 0.6 is 0 Å². The summed E-state index contributed by atoms with van der Waals surface area (Å²) in [5, 5.41) is 3.73. The molecule has 94 valence electrons. The molecule has 0 aromatic carbocycles. The summed E-state index contributed by atoms with van der Waals surface area (Å²) < 4.78 is 0. The molecule has 2 nitrogen and oxygen atoms in total. The van der Waals surface area contributed by atoms with Crippen molar-refractivity contribution in [3.05, 3.63) is 30.1 Å². The first-order valence-electron chi connectivity index (χ1n) is 6.88. The molecule has 0 radical (unpaired) electrons. The highest BCUT2D eigenvalue weighted by Gasteiger charge is 2.24. The zero-order valence-corrected chi connectivity index (χ0v) is 11.0. The Morgan fingerprint density at radius 3 is 2.76 bits per heavy atom. The van der Waals surface area contributed by atoms with Crippen molar-refractivity contribution in [2.24, 2.45) is 11.8 Å². The molecule has 3 atom stereocenters. The Labute approximate surface area is 105 Å². The predicted molar refractivity (Wildman–Crippen MR) is 71.9 cm³/mol. The van der Waals surface area contributed by atoms with Crippen LogP contribution in [0.3, 0.4) is 0 Å². The van der Waals surface area contributed by atoms with E-state index in [0.717, 1.165) is 30.8 Å². The van der Waals surface area contributed by atoms with Crippen LogP contribution in [0.25, 0.3) is 0 Å². The Bertz CT molecular complexity index is 323. The lowest BCUT2D eigenvalue weighted by atomic mass is 9.80. The number of hydrogen-bond acceptors (Lipinski definition) is 2. The SMILES string of the molecule is CC1CCC(C)C(NCCc2ccncc2)C1. The fourth-order valence-corrected chi connectivity index (χ4v) is 2.77. The van der Waals surface area contributed by atoms with E-state index in [1.165, 1.54) is 24.8 Å². The van der Waals surface area contributed by atoms with Gasteiger partial charge in [-0.05, 0) is 55.3 Å². The highest BCUT2D eigenvalue weighted by atomic mass is 14.9. The van der Waals surface area contributed by atoms with Crippen molar-refractivity contribution in [1.82, 2.24) is 10.3 Å². The van der Waals surface area contributed by atoms with Gasteiger partial charge in [-0.25, -0.2) is 0 Å². The molecule has 1 N–H and O–H groups in total. The average molecular weight is 232 g/mol. The lowest BCUT2D eigenvalue weighted by Crippen LogP contribution is -2.40. The third-order valence-electron chi connectivity index (χ3n) is 4.03. The second-order valence-corrected chi connectivity index (χ2v) is 5.56. The van der Waals surface area contributed by atoms with Crippen LogP contribution in [0.2, 0.25) is 0 Å². The zero-order chi connectivity index (χ0) is 12.1. The molecule has 1 aliphatic rings. The van der Waals surface area contributed by atoms with Gasteiger partial charge in [-0.2, -0.15) is 0 Å². The van der Waals surface area contributed by atoms with Gasteiger partial charge in [-0.1, -0.05) is 20.3 Å². The fourth-order valence-electron chi connectivity index (χ4n) is 2.77. The summed E-state index contributed by atoms with van der Waals surface area (Å²) in [4.78, 5) is 4.04. The molecular formula is C15H24N2. The summed E-state index contributed by atoms with van der Waals surface area (Å²) >= 11 is 0. The highest BCUT2D eigenvalue weighted by molar-refractivity contribution is 5.09. The van der Waals surface area contributed by atoms with E-state index < -0.39 is 0 Å². The van der Waals surface area contributed by atoms with Crippen LogP contribution in [0.5, 0.6) is 0 Å². The zero-order valence-electron chi connectivity index (χ0n) is 11.0. The van der Waals surface area contributed by atoms with Crippen LogP contribution in [0.1, 0.15) is 38.7 Å². The molecule has 1 saturated carbocycles. The standard InChI is InChI=1S/C15H24N2/c1-12-3-4-13(2)15(11-12)17-10-7-14-5-8-16-9-6-14/h5-6,8-9,12-13,15,17H,3-4,7,10-11H2,1-2H3. The monoisotopic (exact) mass is 232 g/mol. The molecule has 0 spiro atoms. The largest absolute Gasteiger partial charge is 0.313 e. The molecule has 0 saturated heterocycles. The highest BCUT2D eigenvalue weighted by Crippen LogP contribution is 2.28. The third kappa shape index (κ3) is 3.81. The summed E-state index contributed by atoms with van der Waals surface area (Å²) in [6, 6.07) is 4.93. The molecule has 2 rings (SSSR count). The van der Waals surface area contributed by atoms with Gasteiger partial charge in [0.1, 0.15) is 0 Å². The fraction of sp³-hybridized carbons (Fsp3) is 0.667. The van der Waals surface area contributed by atoms with Gasteiger partial charge in [0.05, 0.1) is 0 Å². The van der Waals surface area contributed by atoms with Gasteiger partial charge in [0.15, 0.2) is 0 Å². The molecule has 3 unspecified atom stereocenters. The first-order chi connectivity index (χ1) is 8.25. The van der Waals surface area contributed by atoms with Crippen molar-refractivity contribution in [3.8, 4) is 0 Å². The molecule has 1 fully saturated rings. The Hall–Kier alpha value is -0.890. The Morgan fingerprint density at radius 2 is 2.00 bits per heavy atom. The van der Waals surface area contributed by atoms with Crippen LogP contribution in [0.4, 0.5) is 0 Å². The van der Waals surface area contributed by atoms with Gasteiger partial charge in [0, 0.05) is 18.4 Å². The summed E-state index contributed by atoms with van der Waals surface area (Å²) in [5.41, 5.74) is 1.38. The smallest absolute Gasteiger partial charge is 0.0270 e. The van der Waals surface area contributed by atoms with Gasteiger partial charge in [0.25, 0.3) is 0 Å². The first kappa shape index (κ1) is 12.6. The maximum Gasteiger partial charge on any atom is 0.0270 e. The maximum atomic E-state index is 4.04. The van der Waals surface area contributed by atoms with E-state index in [2.05, 4.69) is 36.3 Å². The van der Waals surface area contributed by atoms with Gasteiger partial charge < -0.3 is 5.32 Å². The summed E-state index contributed by atoms with van der Waals surface area (Å²) in [6.45, 7) is 5.85. The number of pyridine rings is 1. The normalized spacial score (nSPS) is 29.2. The van der Waals surface area contributed by atoms with Crippen molar-refractivity contribution in [1.29, 1.82) is 0 Å². The van der Waals surface area contributed by atoms with E-state index >= 15 is 0 Å². The van der Waals surface area contributed by atoms with Crippen molar-refractivity contribution >= 4 is 0 Å². The van der Waals surface area contributed by atoms with Crippen LogP contribution < -0.4 is 5.32 Å². The molecule has 0 amide bonds. The maximum absolute atomic E-state index is 4.04. The van der Waals surface area contributed by atoms with Gasteiger partial charge in [0.2, 0.25) is 0 Å². The quantitative estimate of drug-likeness (QED) is 0.863. The molecule has 2 heteroatoms. The topological polar surface area (TPSA) is 24.9 Å². The molecule has 1 heterocycles.